The molecule has 3 heterocycles. The minimum absolute atomic E-state index is 0.0928. The van der Waals surface area contributed by atoms with Crippen LogP contribution < -0.4 is 4.90 Å². The molecule has 0 unspecified atom stereocenters. The fraction of sp³-hybridized carbons (Fsp3) is 0.474. The van der Waals surface area contributed by atoms with Crippen molar-refractivity contribution in [1.29, 1.82) is 0 Å². The summed E-state index contributed by atoms with van der Waals surface area (Å²) in [4.78, 5) is 13.4. The molecule has 0 N–H and O–H groups in total. The van der Waals surface area contributed by atoms with Gasteiger partial charge in [-0.25, -0.2) is 9.37 Å². The zero-order valence-electron chi connectivity index (χ0n) is 13.9. The smallest absolute Gasteiger partial charge is 0.147 e. The number of rotatable bonds is 3. The van der Waals surface area contributed by atoms with Gasteiger partial charge in [0.15, 0.2) is 0 Å². The van der Waals surface area contributed by atoms with Crippen LogP contribution in [0.1, 0.15) is 24.8 Å². The SMILES string of the molecule is Fc1ccccc1CN1CCC[C@@]2(CCN(c3cnccn3)C2)C1. The van der Waals surface area contributed by atoms with Gasteiger partial charge in [0.1, 0.15) is 11.6 Å². The molecule has 1 spiro atoms. The zero-order valence-corrected chi connectivity index (χ0v) is 13.9. The van der Waals surface area contributed by atoms with E-state index in [1.807, 2.05) is 18.3 Å². The van der Waals surface area contributed by atoms with Crippen LogP contribution in [0.2, 0.25) is 0 Å². The summed E-state index contributed by atoms with van der Waals surface area (Å²) >= 11 is 0. The molecule has 1 atom stereocenters. The van der Waals surface area contributed by atoms with E-state index in [9.17, 15) is 4.39 Å². The Hall–Kier alpha value is -2.01. The second-order valence-corrected chi connectivity index (χ2v) is 7.14. The van der Waals surface area contributed by atoms with E-state index in [-0.39, 0.29) is 5.82 Å². The second kappa shape index (κ2) is 6.48. The monoisotopic (exact) mass is 326 g/mol. The Kier molecular flexibility index (Phi) is 4.19. The summed E-state index contributed by atoms with van der Waals surface area (Å²) in [5.74, 6) is 0.880. The number of nitrogens with zero attached hydrogens (tertiary/aromatic N) is 4. The van der Waals surface area contributed by atoms with Crippen LogP contribution in [0.4, 0.5) is 10.2 Å². The van der Waals surface area contributed by atoms with E-state index in [1.165, 1.54) is 19.3 Å². The third-order valence-electron chi connectivity index (χ3n) is 5.40. The maximum Gasteiger partial charge on any atom is 0.147 e. The number of hydrogen-bond acceptors (Lipinski definition) is 4. The molecule has 0 saturated carbocycles. The van der Waals surface area contributed by atoms with Crippen LogP contribution >= 0.6 is 0 Å². The standard InChI is InChI=1S/C19H23FN4/c20-17-5-2-1-4-16(17)13-23-10-3-6-19(14-23)7-11-24(15-19)18-12-21-8-9-22-18/h1-2,4-5,8-9,12H,3,6-7,10-11,13-15H2/t19-/m1/s1. The van der Waals surface area contributed by atoms with Gasteiger partial charge in [-0.3, -0.25) is 9.88 Å². The van der Waals surface area contributed by atoms with Crippen molar-refractivity contribution < 1.29 is 4.39 Å². The highest BCUT2D eigenvalue weighted by Gasteiger charge is 2.41. The summed E-state index contributed by atoms with van der Waals surface area (Å²) in [6.45, 7) is 4.87. The van der Waals surface area contributed by atoms with Crippen LogP contribution in [0.5, 0.6) is 0 Å². The fourth-order valence-electron chi connectivity index (χ4n) is 4.23. The van der Waals surface area contributed by atoms with Crippen molar-refractivity contribution in [2.45, 2.75) is 25.8 Å². The Balaban J connectivity index is 1.44. The number of aromatic nitrogens is 2. The van der Waals surface area contributed by atoms with Crippen LogP contribution in [0, 0.1) is 11.2 Å². The number of halogens is 1. The molecule has 0 bridgehead atoms. The quantitative estimate of drug-likeness (QED) is 0.867. The lowest BCUT2D eigenvalue weighted by Gasteiger charge is -2.40. The number of likely N-dealkylation sites (tertiary alicyclic amines) is 1. The van der Waals surface area contributed by atoms with Crippen molar-refractivity contribution in [3.8, 4) is 0 Å². The first-order valence-corrected chi connectivity index (χ1v) is 8.71. The van der Waals surface area contributed by atoms with E-state index in [2.05, 4.69) is 19.8 Å². The van der Waals surface area contributed by atoms with Crippen LogP contribution in [-0.4, -0.2) is 41.0 Å². The first-order valence-electron chi connectivity index (χ1n) is 8.71. The van der Waals surface area contributed by atoms with Gasteiger partial charge in [-0.05, 0) is 31.9 Å². The molecule has 2 saturated heterocycles. The Morgan fingerprint density at radius 3 is 2.83 bits per heavy atom. The van der Waals surface area contributed by atoms with Crippen LogP contribution in [-0.2, 0) is 6.54 Å². The average molecular weight is 326 g/mol. The molecule has 0 amide bonds. The highest BCUT2D eigenvalue weighted by molar-refractivity contribution is 5.37. The molecule has 4 nitrogen and oxygen atoms in total. The van der Waals surface area contributed by atoms with Gasteiger partial charge in [0, 0.05) is 49.6 Å². The summed E-state index contributed by atoms with van der Waals surface area (Å²) in [6, 6.07) is 7.13. The van der Waals surface area contributed by atoms with E-state index in [4.69, 9.17) is 0 Å². The fourth-order valence-corrected chi connectivity index (χ4v) is 4.23. The van der Waals surface area contributed by atoms with Gasteiger partial charge in [0.05, 0.1) is 6.20 Å². The highest BCUT2D eigenvalue weighted by Crippen LogP contribution is 2.40. The molecule has 5 heteroatoms. The van der Waals surface area contributed by atoms with E-state index >= 15 is 0 Å². The molecule has 4 rings (SSSR count). The zero-order chi connectivity index (χ0) is 16.4. The van der Waals surface area contributed by atoms with Crippen molar-refractivity contribution in [3.05, 3.63) is 54.2 Å². The maximum atomic E-state index is 13.9. The molecular formula is C19H23FN4. The molecule has 2 fully saturated rings. The summed E-state index contributed by atoms with van der Waals surface area (Å²) in [6.07, 6.45) is 8.92. The molecule has 126 valence electrons. The molecule has 2 aliphatic rings. The summed E-state index contributed by atoms with van der Waals surface area (Å²) < 4.78 is 13.9. The Bertz CT molecular complexity index is 693. The van der Waals surface area contributed by atoms with Crippen molar-refractivity contribution in [2.24, 2.45) is 5.41 Å². The van der Waals surface area contributed by atoms with E-state index < -0.39 is 0 Å². The Morgan fingerprint density at radius 2 is 2.00 bits per heavy atom. The highest BCUT2D eigenvalue weighted by atomic mass is 19.1. The lowest BCUT2D eigenvalue weighted by atomic mass is 9.79. The van der Waals surface area contributed by atoms with E-state index in [0.717, 1.165) is 37.6 Å². The normalized spacial score (nSPS) is 24.6. The van der Waals surface area contributed by atoms with Gasteiger partial charge in [-0.1, -0.05) is 18.2 Å². The molecule has 1 aromatic carbocycles. The lowest BCUT2D eigenvalue weighted by molar-refractivity contribution is 0.0982. The first kappa shape index (κ1) is 15.5. The number of anilines is 1. The lowest BCUT2D eigenvalue weighted by Crippen LogP contribution is -2.44. The van der Waals surface area contributed by atoms with Gasteiger partial charge in [-0.2, -0.15) is 0 Å². The maximum absolute atomic E-state index is 13.9. The predicted molar refractivity (Wildman–Crippen MR) is 92.2 cm³/mol. The van der Waals surface area contributed by atoms with Crippen molar-refractivity contribution in [3.63, 3.8) is 0 Å². The number of piperidine rings is 1. The van der Waals surface area contributed by atoms with Crippen molar-refractivity contribution in [1.82, 2.24) is 14.9 Å². The number of hydrogen-bond donors (Lipinski definition) is 0. The third kappa shape index (κ3) is 3.13. The van der Waals surface area contributed by atoms with Gasteiger partial charge in [0.2, 0.25) is 0 Å². The molecular weight excluding hydrogens is 303 g/mol. The van der Waals surface area contributed by atoms with Crippen molar-refractivity contribution in [2.75, 3.05) is 31.1 Å². The minimum atomic E-state index is -0.0928. The molecule has 0 aliphatic carbocycles. The van der Waals surface area contributed by atoms with Crippen LogP contribution in [0.3, 0.4) is 0 Å². The molecule has 2 aliphatic heterocycles. The van der Waals surface area contributed by atoms with E-state index in [0.29, 0.717) is 12.0 Å². The third-order valence-corrected chi connectivity index (χ3v) is 5.40. The van der Waals surface area contributed by atoms with Crippen LogP contribution in [0.15, 0.2) is 42.9 Å². The van der Waals surface area contributed by atoms with Gasteiger partial charge in [0.25, 0.3) is 0 Å². The molecule has 0 radical (unpaired) electrons. The molecule has 1 aromatic heterocycles. The van der Waals surface area contributed by atoms with Crippen LogP contribution in [0.25, 0.3) is 0 Å². The van der Waals surface area contributed by atoms with Gasteiger partial charge < -0.3 is 4.90 Å². The van der Waals surface area contributed by atoms with Gasteiger partial charge in [-0.15, -0.1) is 0 Å². The molecule has 2 aromatic rings. The Labute approximate surface area is 142 Å². The average Bonchev–Trinajstić information content (AvgIpc) is 3.01. The van der Waals surface area contributed by atoms with Crippen molar-refractivity contribution >= 4 is 5.82 Å². The summed E-state index contributed by atoms with van der Waals surface area (Å²) in [5.41, 5.74) is 1.11. The number of benzene rings is 1. The minimum Gasteiger partial charge on any atom is -0.355 e. The summed E-state index contributed by atoms with van der Waals surface area (Å²) in [5, 5.41) is 0. The topological polar surface area (TPSA) is 32.3 Å². The predicted octanol–water partition coefficient (Wildman–Crippen LogP) is 3.11. The largest absolute Gasteiger partial charge is 0.355 e. The summed E-state index contributed by atoms with van der Waals surface area (Å²) in [7, 11) is 0. The second-order valence-electron chi connectivity index (χ2n) is 7.14. The van der Waals surface area contributed by atoms with Gasteiger partial charge >= 0.3 is 0 Å². The first-order chi connectivity index (χ1) is 11.7. The molecule has 24 heavy (non-hydrogen) atoms. The Morgan fingerprint density at radius 1 is 1.08 bits per heavy atom. The van der Waals surface area contributed by atoms with E-state index in [1.54, 1.807) is 24.5 Å².